The van der Waals surface area contributed by atoms with E-state index in [1.807, 2.05) is 18.5 Å². The maximum absolute atomic E-state index is 4.71. The zero-order valence-corrected chi connectivity index (χ0v) is 12.9. The fraction of sp³-hybridized carbons (Fsp3) is 0.200. The molecule has 1 aliphatic heterocycles. The van der Waals surface area contributed by atoms with Gasteiger partial charge in [-0.05, 0) is 49.9 Å². The van der Waals surface area contributed by atoms with E-state index in [0.717, 1.165) is 24.0 Å². The Hall–Kier alpha value is -2.48. The van der Waals surface area contributed by atoms with Gasteiger partial charge in [-0.2, -0.15) is 0 Å². The van der Waals surface area contributed by atoms with Crippen molar-refractivity contribution >= 4 is 22.8 Å². The minimum absolute atomic E-state index is 1.03. The Morgan fingerprint density at radius 1 is 1.05 bits per heavy atom. The summed E-state index contributed by atoms with van der Waals surface area (Å²) in [6, 6.07) is 13.0. The minimum Gasteiger partial charge on any atom is -0.260 e. The summed E-state index contributed by atoms with van der Waals surface area (Å²) in [5, 5.41) is 1.18. The number of fused-ring (bicyclic) bond motifs is 2. The van der Waals surface area contributed by atoms with Crippen LogP contribution in [0.4, 0.5) is 5.69 Å². The van der Waals surface area contributed by atoms with Crippen molar-refractivity contribution < 1.29 is 0 Å². The normalized spacial score (nSPS) is 13.4. The Labute approximate surface area is 130 Å². The van der Waals surface area contributed by atoms with Gasteiger partial charge in [0.1, 0.15) is 0 Å². The summed E-state index contributed by atoms with van der Waals surface area (Å²) in [5.74, 6) is 0. The van der Waals surface area contributed by atoms with E-state index in [1.165, 1.54) is 33.2 Å². The fourth-order valence-electron chi connectivity index (χ4n) is 3.35. The maximum atomic E-state index is 4.71. The molecule has 1 aliphatic rings. The van der Waals surface area contributed by atoms with Crippen molar-refractivity contribution in [1.82, 2.24) is 4.98 Å². The zero-order valence-electron chi connectivity index (χ0n) is 12.9. The summed E-state index contributed by atoms with van der Waals surface area (Å²) in [6.07, 6.45) is 6.01. The van der Waals surface area contributed by atoms with Crippen LogP contribution in [0.25, 0.3) is 22.0 Å². The predicted octanol–water partition coefficient (Wildman–Crippen LogP) is 5.17. The van der Waals surface area contributed by atoms with E-state index in [-0.39, 0.29) is 0 Å². The van der Waals surface area contributed by atoms with Crippen LogP contribution < -0.4 is 0 Å². The molecule has 2 heterocycles. The van der Waals surface area contributed by atoms with Gasteiger partial charge in [0.2, 0.25) is 0 Å². The molecule has 2 heteroatoms. The smallest absolute Gasteiger partial charge is 0.0783 e. The van der Waals surface area contributed by atoms with Gasteiger partial charge >= 0.3 is 0 Å². The Morgan fingerprint density at radius 2 is 1.95 bits per heavy atom. The van der Waals surface area contributed by atoms with Gasteiger partial charge in [-0.1, -0.05) is 29.8 Å². The predicted molar refractivity (Wildman–Crippen MR) is 93.1 cm³/mol. The number of pyridine rings is 1. The second-order valence-electron chi connectivity index (χ2n) is 6.00. The molecule has 0 atom stereocenters. The molecule has 108 valence electrons. The number of benzene rings is 2. The summed E-state index contributed by atoms with van der Waals surface area (Å²) >= 11 is 0. The van der Waals surface area contributed by atoms with Crippen LogP contribution in [-0.2, 0) is 6.42 Å². The molecule has 0 radical (unpaired) electrons. The molecule has 0 aliphatic carbocycles. The number of aliphatic imine (C=N–C) groups is 1. The summed E-state index contributed by atoms with van der Waals surface area (Å²) in [7, 11) is 0. The third kappa shape index (κ3) is 2.03. The van der Waals surface area contributed by atoms with Crippen molar-refractivity contribution in [3.8, 4) is 11.1 Å². The van der Waals surface area contributed by atoms with Crippen LogP contribution >= 0.6 is 0 Å². The van der Waals surface area contributed by atoms with Crippen molar-refractivity contribution in [3.05, 3.63) is 59.3 Å². The minimum atomic E-state index is 1.03. The third-order valence-corrected chi connectivity index (χ3v) is 4.35. The Bertz CT molecular complexity index is 907. The summed E-state index contributed by atoms with van der Waals surface area (Å²) in [5.41, 5.74) is 8.52. The Kier molecular flexibility index (Phi) is 3.04. The van der Waals surface area contributed by atoms with Crippen molar-refractivity contribution in [1.29, 1.82) is 0 Å². The van der Waals surface area contributed by atoms with Gasteiger partial charge in [0.15, 0.2) is 0 Å². The number of nitrogens with zero attached hydrogens (tertiary/aromatic N) is 2. The second kappa shape index (κ2) is 5.06. The zero-order chi connectivity index (χ0) is 15.1. The molecule has 2 nitrogen and oxygen atoms in total. The number of aryl methyl sites for hydroxylation is 3. The van der Waals surface area contributed by atoms with Gasteiger partial charge in [0.25, 0.3) is 0 Å². The molecule has 0 spiro atoms. The first-order chi connectivity index (χ1) is 10.7. The molecule has 0 unspecified atom stereocenters. The SMILES string of the molecule is Cc1cc2c(c(-c3c(C)ccc4cccnc34)c1)N=CCC2. The average Bonchev–Trinajstić information content (AvgIpc) is 2.54. The lowest BCUT2D eigenvalue weighted by Gasteiger charge is -2.18. The molecule has 0 amide bonds. The first-order valence-corrected chi connectivity index (χ1v) is 7.75. The fourth-order valence-corrected chi connectivity index (χ4v) is 3.35. The third-order valence-electron chi connectivity index (χ3n) is 4.35. The second-order valence-corrected chi connectivity index (χ2v) is 6.00. The highest BCUT2D eigenvalue weighted by molar-refractivity contribution is 5.99. The Balaban J connectivity index is 2.11. The van der Waals surface area contributed by atoms with E-state index in [0.29, 0.717) is 0 Å². The van der Waals surface area contributed by atoms with Crippen LogP contribution in [0.2, 0.25) is 0 Å². The van der Waals surface area contributed by atoms with Gasteiger partial charge in [-0.3, -0.25) is 9.98 Å². The van der Waals surface area contributed by atoms with Crippen LogP contribution in [0.3, 0.4) is 0 Å². The van der Waals surface area contributed by atoms with E-state index in [2.05, 4.69) is 49.2 Å². The van der Waals surface area contributed by atoms with Crippen molar-refractivity contribution in [2.24, 2.45) is 4.99 Å². The van der Waals surface area contributed by atoms with Gasteiger partial charge in [-0.15, -0.1) is 0 Å². The van der Waals surface area contributed by atoms with E-state index in [4.69, 9.17) is 4.99 Å². The molecule has 0 saturated carbocycles. The van der Waals surface area contributed by atoms with Crippen molar-refractivity contribution in [2.75, 3.05) is 0 Å². The highest BCUT2D eigenvalue weighted by Crippen LogP contribution is 2.40. The lowest BCUT2D eigenvalue weighted by atomic mass is 9.90. The van der Waals surface area contributed by atoms with E-state index >= 15 is 0 Å². The molecule has 0 N–H and O–H groups in total. The van der Waals surface area contributed by atoms with E-state index < -0.39 is 0 Å². The molecule has 2 aromatic carbocycles. The monoisotopic (exact) mass is 286 g/mol. The molecular weight excluding hydrogens is 268 g/mol. The number of rotatable bonds is 1. The Morgan fingerprint density at radius 3 is 2.86 bits per heavy atom. The maximum Gasteiger partial charge on any atom is 0.0783 e. The molecule has 4 rings (SSSR count). The summed E-state index contributed by atoms with van der Waals surface area (Å²) in [4.78, 5) is 9.35. The average molecular weight is 286 g/mol. The topological polar surface area (TPSA) is 25.2 Å². The van der Waals surface area contributed by atoms with Crippen LogP contribution in [0, 0.1) is 13.8 Å². The standard InChI is InChI=1S/C20H18N2/c1-13-11-16-6-4-9-21-19(16)17(12-13)18-14(2)7-8-15-5-3-10-22-20(15)18/h3,5,7-12H,4,6H2,1-2H3. The molecule has 22 heavy (non-hydrogen) atoms. The van der Waals surface area contributed by atoms with Crippen molar-refractivity contribution in [3.63, 3.8) is 0 Å². The molecule has 0 fully saturated rings. The summed E-state index contributed by atoms with van der Waals surface area (Å²) in [6.45, 7) is 4.32. The number of aromatic nitrogens is 1. The molecule has 0 bridgehead atoms. The van der Waals surface area contributed by atoms with Gasteiger partial charge in [0.05, 0.1) is 11.2 Å². The van der Waals surface area contributed by atoms with E-state index in [9.17, 15) is 0 Å². The van der Waals surface area contributed by atoms with Gasteiger partial charge in [-0.25, -0.2) is 0 Å². The highest BCUT2D eigenvalue weighted by Gasteiger charge is 2.17. The van der Waals surface area contributed by atoms with Crippen LogP contribution in [0.15, 0.2) is 47.6 Å². The molecule has 3 aromatic rings. The number of hydrogen-bond donors (Lipinski definition) is 0. The molecule has 1 aromatic heterocycles. The lowest BCUT2D eigenvalue weighted by Crippen LogP contribution is -1.98. The molecular formula is C20H18N2. The summed E-state index contributed by atoms with van der Waals surface area (Å²) < 4.78 is 0. The van der Waals surface area contributed by atoms with Gasteiger partial charge in [0, 0.05) is 28.9 Å². The highest BCUT2D eigenvalue weighted by atomic mass is 14.7. The van der Waals surface area contributed by atoms with Crippen LogP contribution in [0.5, 0.6) is 0 Å². The largest absolute Gasteiger partial charge is 0.260 e. The number of hydrogen-bond acceptors (Lipinski definition) is 2. The van der Waals surface area contributed by atoms with Gasteiger partial charge < -0.3 is 0 Å². The van der Waals surface area contributed by atoms with Crippen molar-refractivity contribution in [2.45, 2.75) is 26.7 Å². The van der Waals surface area contributed by atoms with Crippen LogP contribution in [0.1, 0.15) is 23.1 Å². The first kappa shape index (κ1) is 13.2. The lowest BCUT2D eigenvalue weighted by molar-refractivity contribution is 1.02. The molecule has 0 saturated heterocycles. The quantitative estimate of drug-likeness (QED) is 0.606. The first-order valence-electron chi connectivity index (χ1n) is 7.75. The van der Waals surface area contributed by atoms with E-state index in [1.54, 1.807) is 0 Å². The van der Waals surface area contributed by atoms with Crippen LogP contribution in [-0.4, -0.2) is 11.2 Å².